The number of thioether (sulfide) groups is 1. The van der Waals surface area contributed by atoms with E-state index in [0.717, 1.165) is 50.5 Å². The van der Waals surface area contributed by atoms with Gasteiger partial charge in [0.15, 0.2) is 0 Å². The summed E-state index contributed by atoms with van der Waals surface area (Å²) in [4.78, 5) is 17.6. The molecule has 3 aromatic carbocycles. The van der Waals surface area contributed by atoms with E-state index in [0.29, 0.717) is 10.6 Å². The Hall–Kier alpha value is -4.08. The summed E-state index contributed by atoms with van der Waals surface area (Å²) in [5, 5.41) is 13.6. The molecule has 180 valence electrons. The molecule has 1 aromatic heterocycles. The Kier molecular flexibility index (Phi) is 7.72. The topological polar surface area (TPSA) is 75.0 Å². The van der Waals surface area contributed by atoms with E-state index in [4.69, 9.17) is 9.72 Å². The minimum Gasteiger partial charge on any atom is -0.497 e. The average molecular weight is 494 g/mol. The molecule has 1 heterocycles. The van der Waals surface area contributed by atoms with Gasteiger partial charge in [-0.1, -0.05) is 59.8 Å². The normalized spacial score (nSPS) is 10.5. The maximum atomic E-state index is 12.8. The Morgan fingerprint density at radius 3 is 2.17 bits per heavy atom. The van der Waals surface area contributed by atoms with Crippen LogP contribution >= 0.6 is 11.8 Å². The summed E-state index contributed by atoms with van der Waals surface area (Å²) in [6.45, 7) is 6.03. The van der Waals surface area contributed by atoms with Gasteiger partial charge in [-0.05, 0) is 67.8 Å². The number of nitrogens with one attached hydrogen (secondary N) is 1. The van der Waals surface area contributed by atoms with Gasteiger partial charge in [0.25, 0.3) is 0 Å². The van der Waals surface area contributed by atoms with E-state index in [1.165, 1.54) is 11.8 Å². The second-order valence-corrected chi connectivity index (χ2v) is 9.62. The zero-order chi connectivity index (χ0) is 25.7. The number of anilines is 1. The number of carbonyl (C=O) groups is 1. The number of hydrogen-bond acceptors (Lipinski definition) is 5. The molecule has 6 heteroatoms. The van der Waals surface area contributed by atoms with Gasteiger partial charge in [0.2, 0.25) is 5.91 Å². The van der Waals surface area contributed by atoms with E-state index in [1.54, 1.807) is 7.11 Å². The van der Waals surface area contributed by atoms with E-state index in [-0.39, 0.29) is 11.7 Å². The first-order valence-electron chi connectivity index (χ1n) is 11.5. The largest absolute Gasteiger partial charge is 0.497 e. The lowest BCUT2D eigenvalue weighted by atomic mass is 9.99. The molecular weight excluding hydrogens is 466 g/mol. The molecule has 0 aliphatic carbocycles. The number of nitrogens with zero attached hydrogens (tertiary/aromatic N) is 2. The highest BCUT2D eigenvalue weighted by molar-refractivity contribution is 8.00. The molecule has 0 saturated carbocycles. The van der Waals surface area contributed by atoms with Crippen molar-refractivity contribution in [3.63, 3.8) is 0 Å². The van der Waals surface area contributed by atoms with Crippen LogP contribution in [0.5, 0.6) is 5.75 Å². The molecule has 0 aliphatic heterocycles. The minimum atomic E-state index is -0.151. The number of amides is 1. The number of carbonyl (C=O) groups excluding carboxylic acids is 1. The van der Waals surface area contributed by atoms with Crippen molar-refractivity contribution in [2.24, 2.45) is 0 Å². The molecule has 1 amide bonds. The molecule has 5 nitrogen and oxygen atoms in total. The van der Waals surface area contributed by atoms with Gasteiger partial charge in [-0.15, -0.1) is 0 Å². The SMILES string of the molecule is COc1ccc(-c2cc(-c3ccc(C)cc3)nc(SCC(=O)Nc3cc(C)cc(C)c3)c2C#N)cc1. The second kappa shape index (κ2) is 11.1. The molecular formula is C30H27N3O2S. The predicted octanol–water partition coefficient (Wildman–Crippen LogP) is 6.95. The average Bonchev–Trinajstić information content (AvgIpc) is 2.86. The van der Waals surface area contributed by atoms with Crippen LogP contribution in [-0.2, 0) is 4.79 Å². The molecule has 4 aromatic rings. The van der Waals surface area contributed by atoms with Crippen LogP contribution in [0.25, 0.3) is 22.4 Å². The van der Waals surface area contributed by atoms with Gasteiger partial charge in [0, 0.05) is 16.8 Å². The zero-order valence-corrected chi connectivity index (χ0v) is 21.6. The lowest BCUT2D eigenvalue weighted by Gasteiger charge is -2.13. The van der Waals surface area contributed by atoms with Crippen molar-refractivity contribution in [3.05, 3.63) is 95.1 Å². The van der Waals surface area contributed by atoms with Crippen molar-refractivity contribution in [1.29, 1.82) is 5.26 Å². The summed E-state index contributed by atoms with van der Waals surface area (Å²) in [5.41, 5.74) is 7.87. The van der Waals surface area contributed by atoms with Gasteiger partial charge in [-0.25, -0.2) is 4.98 Å². The third-order valence-electron chi connectivity index (χ3n) is 5.69. The highest BCUT2D eigenvalue weighted by Crippen LogP contribution is 2.35. The number of aryl methyl sites for hydroxylation is 3. The summed E-state index contributed by atoms with van der Waals surface area (Å²) in [6, 6.07) is 25.9. The predicted molar refractivity (Wildman–Crippen MR) is 146 cm³/mol. The van der Waals surface area contributed by atoms with E-state index < -0.39 is 0 Å². The van der Waals surface area contributed by atoms with Gasteiger partial charge in [0.1, 0.15) is 16.8 Å². The van der Waals surface area contributed by atoms with Crippen molar-refractivity contribution in [2.75, 3.05) is 18.2 Å². The standard InChI is InChI=1S/C30H27N3O2S/c1-19-5-7-23(8-6-19)28-16-26(22-9-11-25(35-4)12-10-22)27(17-31)30(33-28)36-18-29(34)32-24-14-20(2)13-21(3)15-24/h5-16H,18H2,1-4H3,(H,32,34). The van der Waals surface area contributed by atoms with Crippen molar-refractivity contribution in [1.82, 2.24) is 4.98 Å². The van der Waals surface area contributed by atoms with Gasteiger partial charge in [0.05, 0.1) is 24.1 Å². The van der Waals surface area contributed by atoms with Crippen LogP contribution in [0.3, 0.4) is 0 Å². The van der Waals surface area contributed by atoms with Crippen LogP contribution in [0.15, 0.2) is 77.8 Å². The van der Waals surface area contributed by atoms with E-state index in [9.17, 15) is 10.1 Å². The first-order valence-corrected chi connectivity index (χ1v) is 12.5. The van der Waals surface area contributed by atoms with E-state index in [2.05, 4.69) is 17.5 Å². The monoisotopic (exact) mass is 493 g/mol. The second-order valence-electron chi connectivity index (χ2n) is 8.65. The fourth-order valence-electron chi connectivity index (χ4n) is 3.98. The molecule has 0 bridgehead atoms. The molecule has 36 heavy (non-hydrogen) atoms. The van der Waals surface area contributed by atoms with E-state index >= 15 is 0 Å². The number of ether oxygens (including phenoxy) is 1. The number of pyridine rings is 1. The smallest absolute Gasteiger partial charge is 0.234 e. The Balaban J connectivity index is 1.69. The Morgan fingerprint density at radius 2 is 1.56 bits per heavy atom. The van der Waals surface area contributed by atoms with E-state index in [1.807, 2.05) is 87.5 Å². The van der Waals surface area contributed by atoms with Crippen LogP contribution in [0.4, 0.5) is 5.69 Å². The summed E-state index contributed by atoms with van der Waals surface area (Å²) >= 11 is 1.27. The van der Waals surface area contributed by atoms with Crippen LogP contribution in [0.1, 0.15) is 22.3 Å². The van der Waals surface area contributed by atoms with Crippen LogP contribution in [-0.4, -0.2) is 23.8 Å². The fourth-order valence-corrected chi connectivity index (χ4v) is 4.79. The molecule has 1 N–H and O–H groups in total. The molecule has 0 saturated heterocycles. The van der Waals surface area contributed by atoms with Crippen molar-refractivity contribution in [2.45, 2.75) is 25.8 Å². The maximum Gasteiger partial charge on any atom is 0.234 e. The Bertz CT molecular complexity index is 1420. The van der Waals surface area contributed by atoms with Crippen LogP contribution in [0.2, 0.25) is 0 Å². The van der Waals surface area contributed by atoms with Crippen molar-refractivity contribution < 1.29 is 9.53 Å². The lowest BCUT2D eigenvalue weighted by Crippen LogP contribution is -2.14. The molecule has 0 aliphatic rings. The molecule has 0 spiro atoms. The minimum absolute atomic E-state index is 0.133. The highest BCUT2D eigenvalue weighted by Gasteiger charge is 2.17. The molecule has 0 atom stereocenters. The number of nitriles is 1. The zero-order valence-electron chi connectivity index (χ0n) is 20.8. The Labute approximate surface area is 216 Å². The summed E-state index contributed by atoms with van der Waals surface area (Å²) in [6.07, 6.45) is 0. The lowest BCUT2D eigenvalue weighted by molar-refractivity contribution is -0.113. The molecule has 0 radical (unpaired) electrons. The van der Waals surface area contributed by atoms with Crippen LogP contribution < -0.4 is 10.1 Å². The van der Waals surface area contributed by atoms with Gasteiger partial charge < -0.3 is 10.1 Å². The van der Waals surface area contributed by atoms with Crippen molar-refractivity contribution >= 4 is 23.4 Å². The van der Waals surface area contributed by atoms with Gasteiger partial charge >= 0.3 is 0 Å². The highest BCUT2D eigenvalue weighted by atomic mass is 32.2. The number of rotatable bonds is 7. The summed E-state index contributed by atoms with van der Waals surface area (Å²) in [7, 11) is 1.62. The van der Waals surface area contributed by atoms with Gasteiger partial charge in [-0.2, -0.15) is 5.26 Å². The van der Waals surface area contributed by atoms with Gasteiger partial charge in [-0.3, -0.25) is 4.79 Å². The first kappa shape index (κ1) is 25.0. The summed E-state index contributed by atoms with van der Waals surface area (Å²) < 4.78 is 5.29. The maximum absolute atomic E-state index is 12.8. The first-order chi connectivity index (χ1) is 17.4. The quantitative estimate of drug-likeness (QED) is 0.282. The number of hydrogen-bond donors (Lipinski definition) is 1. The third-order valence-corrected chi connectivity index (χ3v) is 6.67. The summed E-state index contributed by atoms with van der Waals surface area (Å²) in [5.74, 6) is 0.721. The molecule has 0 unspecified atom stereocenters. The van der Waals surface area contributed by atoms with Crippen LogP contribution in [0, 0.1) is 32.1 Å². The van der Waals surface area contributed by atoms with Crippen molar-refractivity contribution in [3.8, 4) is 34.2 Å². The third kappa shape index (κ3) is 5.94. The number of aromatic nitrogens is 1. The molecule has 4 rings (SSSR count). The molecule has 0 fully saturated rings. The number of methoxy groups -OCH3 is 1. The Morgan fingerprint density at radius 1 is 0.917 bits per heavy atom. The number of benzene rings is 3. The fraction of sp³-hybridized carbons (Fsp3) is 0.167.